The second-order valence-electron chi connectivity index (χ2n) is 6.78. The van der Waals surface area contributed by atoms with Crippen molar-refractivity contribution in [3.63, 3.8) is 0 Å². The summed E-state index contributed by atoms with van der Waals surface area (Å²) in [5.74, 6) is 0.736. The molecule has 6 nitrogen and oxygen atoms in total. The van der Waals surface area contributed by atoms with Gasteiger partial charge in [-0.15, -0.1) is 0 Å². The molecule has 0 radical (unpaired) electrons. The van der Waals surface area contributed by atoms with Crippen LogP contribution < -0.4 is 20.1 Å². The summed E-state index contributed by atoms with van der Waals surface area (Å²) in [6.07, 6.45) is 0.804. The molecule has 3 rings (SSSR count). The lowest BCUT2D eigenvalue weighted by Crippen LogP contribution is -2.25. The lowest BCUT2D eigenvalue weighted by Gasteiger charge is -2.18. The van der Waals surface area contributed by atoms with E-state index in [0.717, 1.165) is 12.0 Å². The van der Waals surface area contributed by atoms with Gasteiger partial charge in [0.2, 0.25) is 0 Å². The SMILES string of the molecule is CNC(=O)c1cccc(NC(=O)COc2cccc3c2OC(C)(C)C3)c1. The van der Waals surface area contributed by atoms with Crippen molar-refractivity contribution < 1.29 is 19.1 Å². The lowest BCUT2D eigenvalue weighted by molar-refractivity contribution is -0.118. The van der Waals surface area contributed by atoms with E-state index in [0.29, 0.717) is 22.7 Å². The van der Waals surface area contributed by atoms with Crippen LogP contribution >= 0.6 is 0 Å². The number of para-hydroxylation sites is 1. The van der Waals surface area contributed by atoms with Gasteiger partial charge in [-0.05, 0) is 38.1 Å². The van der Waals surface area contributed by atoms with Gasteiger partial charge in [0, 0.05) is 30.3 Å². The van der Waals surface area contributed by atoms with E-state index in [1.54, 1.807) is 37.4 Å². The van der Waals surface area contributed by atoms with E-state index >= 15 is 0 Å². The minimum absolute atomic E-state index is 0.148. The first-order valence-electron chi connectivity index (χ1n) is 8.44. The Morgan fingerprint density at radius 2 is 1.96 bits per heavy atom. The Bertz CT molecular complexity index is 845. The second kappa shape index (κ2) is 7.07. The van der Waals surface area contributed by atoms with Crippen LogP contribution in [0.1, 0.15) is 29.8 Å². The zero-order chi connectivity index (χ0) is 18.7. The highest BCUT2D eigenvalue weighted by Gasteiger charge is 2.32. The zero-order valence-electron chi connectivity index (χ0n) is 15.1. The predicted octanol–water partition coefficient (Wildman–Crippen LogP) is 2.78. The van der Waals surface area contributed by atoms with Gasteiger partial charge in [-0.1, -0.05) is 18.2 Å². The number of rotatable bonds is 5. The molecular weight excluding hydrogens is 332 g/mol. The fourth-order valence-electron chi connectivity index (χ4n) is 2.92. The van der Waals surface area contributed by atoms with Gasteiger partial charge < -0.3 is 20.1 Å². The molecule has 0 saturated heterocycles. The molecule has 2 N–H and O–H groups in total. The first-order chi connectivity index (χ1) is 12.4. The fraction of sp³-hybridized carbons (Fsp3) is 0.300. The lowest BCUT2D eigenvalue weighted by atomic mass is 10.0. The third kappa shape index (κ3) is 3.96. The summed E-state index contributed by atoms with van der Waals surface area (Å²) in [4.78, 5) is 23.8. The van der Waals surface area contributed by atoms with Crippen LogP contribution in [-0.2, 0) is 11.2 Å². The van der Waals surface area contributed by atoms with Crippen molar-refractivity contribution in [1.29, 1.82) is 0 Å². The summed E-state index contributed by atoms with van der Waals surface area (Å²) in [5.41, 5.74) is 1.81. The van der Waals surface area contributed by atoms with Crippen molar-refractivity contribution in [1.82, 2.24) is 5.32 Å². The molecule has 1 heterocycles. The summed E-state index contributed by atoms with van der Waals surface area (Å²) < 4.78 is 11.6. The number of hydrogen-bond acceptors (Lipinski definition) is 4. The highest BCUT2D eigenvalue weighted by atomic mass is 16.5. The molecule has 0 unspecified atom stereocenters. The Hall–Kier alpha value is -3.02. The number of amides is 2. The number of nitrogens with one attached hydrogen (secondary N) is 2. The number of carbonyl (C=O) groups excluding carboxylic acids is 2. The molecule has 2 amide bonds. The topological polar surface area (TPSA) is 76.7 Å². The van der Waals surface area contributed by atoms with Crippen LogP contribution in [0.3, 0.4) is 0 Å². The average molecular weight is 354 g/mol. The van der Waals surface area contributed by atoms with E-state index in [1.807, 2.05) is 26.0 Å². The monoisotopic (exact) mass is 354 g/mol. The normalized spacial score (nSPS) is 14.1. The number of carbonyl (C=O) groups is 2. The molecule has 0 fully saturated rings. The van der Waals surface area contributed by atoms with E-state index in [4.69, 9.17) is 9.47 Å². The molecule has 1 aliphatic rings. The predicted molar refractivity (Wildman–Crippen MR) is 98.8 cm³/mol. The summed E-state index contributed by atoms with van der Waals surface area (Å²) in [7, 11) is 1.56. The van der Waals surface area contributed by atoms with Crippen LogP contribution in [0.4, 0.5) is 5.69 Å². The third-order valence-corrected chi connectivity index (χ3v) is 4.05. The van der Waals surface area contributed by atoms with Crippen molar-refractivity contribution in [3.05, 3.63) is 53.6 Å². The van der Waals surface area contributed by atoms with E-state index in [9.17, 15) is 9.59 Å². The number of hydrogen-bond donors (Lipinski definition) is 2. The molecule has 0 aliphatic carbocycles. The molecule has 1 aliphatic heterocycles. The first kappa shape index (κ1) is 17.8. The molecule has 0 aromatic heterocycles. The maximum Gasteiger partial charge on any atom is 0.262 e. The molecular formula is C20H22N2O4. The average Bonchev–Trinajstić information content (AvgIpc) is 2.93. The Morgan fingerprint density at radius 3 is 2.73 bits per heavy atom. The number of benzene rings is 2. The summed E-state index contributed by atoms with van der Waals surface area (Å²) in [5, 5.41) is 5.28. The Labute approximate surface area is 152 Å². The maximum atomic E-state index is 12.2. The summed E-state index contributed by atoms with van der Waals surface area (Å²) in [6, 6.07) is 12.4. The molecule has 2 aromatic carbocycles. The smallest absolute Gasteiger partial charge is 0.262 e. The first-order valence-corrected chi connectivity index (χ1v) is 8.44. The van der Waals surface area contributed by atoms with Gasteiger partial charge in [0.15, 0.2) is 18.1 Å². The highest BCUT2D eigenvalue weighted by Crippen LogP contribution is 2.41. The molecule has 0 atom stereocenters. The van der Waals surface area contributed by atoms with Crippen molar-refractivity contribution in [2.24, 2.45) is 0 Å². The van der Waals surface area contributed by atoms with Crippen LogP contribution in [0.5, 0.6) is 11.5 Å². The quantitative estimate of drug-likeness (QED) is 0.866. The van der Waals surface area contributed by atoms with Crippen LogP contribution in [0.2, 0.25) is 0 Å². The molecule has 6 heteroatoms. The van der Waals surface area contributed by atoms with Gasteiger partial charge in [0.1, 0.15) is 5.60 Å². The Morgan fingerprint density at radius 1 is 1.19 bits per heavy atom. The van der Waals surface area contributed by atoms with Gasteiger partial charge in [-0.25, -0.2) is 0 Å². The zero-order valence-corrected chi connectivity index (χ0v) is 15.1. The van der Waals surface area contributed by atoms with E-state index in [1.165, 1.54) is 0 Å². The number of ether oxygens (including phenoxy) is 2. The second-order valence-corrected chi connectivity index (χ2v) is 6.78. The van der Waals surface area contributed by atoms with Crippen molar-refractivity contribution in [2.45, 2.75) is 25.9 Å². The Kier molecular flexibility index (Phi) is 4.84. The summed E-state index contributed by atoms with van der Waals surface area (Å²) >= 11 is 0. The molecule has 136 valence electrons. The van der Waals surface area contributed by atoms with Crippen LogP contribution in [0.15, 0.2) is 42.5 Å². The fourth-order valence-corrected chi connectivity index (χ4v) is 2.92. The number of anilines is 1. The van der Waals surface area contributed by atoms with Gasteiger partial charge in [-0.3, -0.25) is 9.59 Å². The van der Waals surface area contributed by atoms with Gasteiger partial charge in [0.25, 0.3) is 11.8 Å². The van der Waals surface area contributed by atoms with Gasteiger partial charge in [-0.2, -0.15) is 0 Å². The maximum absolute atomic E-state index is 12.2. The Balaban J connectivity index is 1.63. The van der Waals surface area contributed by atoms with Crippen LogP contribution in [0, 0.1) is 0 Å². The minimum atomic E-state index is -0.311. The molecule has 0 spiro atoms. The minimum Gasteiger partial charge on any atom is -0.483 e. The van der Waals surface area contributed by atoms with Crippen LogP contribution in [-0.4, -0.2) is 31.1 Å². The largest absolute Gasteiger partial charge is 0.483 e. The molecule has 2 aromatic rings. The van der Waals surface area contributed by atoms with Crippen molar-refractivity contribution >= 4 is 17.5 Å². The standard InChI is InChI=1S/C20H22N2O4/c1-20(2)11-14-7-5-9-16(18(14)26-20)25-12-17(23)22-15-8-4-6-13(10-15)19(24)21-3/h4-10H,11-12H2,1-3H3,(H,21,24)(H,22,23). The molecule has 0 bridgehead atoms. The van der Waals surface area contributed by atoms with Gasteiger partial charge >= 0.3 is 0 Å². The van der Waals surface area contributed by atoms with E-state index < -0.39 is 0 Å². The highest BCUT2D eigenvalue weighted by molar-refractivity contribution is 5.97. The van der Waals surface area contributed by atoms with E-state index in [2.05, 4.69) is 10.6 Å². The molecule has 26 heavy (non-hydrogen) atoms. The van der Waals surface area contributed by atoms with Crippen molar-refractivity contribution in [3.8, 4) is 11.5 Å². The van der Waals surface area contributed by atoms with Crippen LogP contribution in [0.25, 0.3) is 0 Å². The summed E-state index contributed by atoms with van der Waals surface area (Å²) in [6.45, 7) is 3.89. The molecule has 0 saturated carbocycles. The van der Waals surface area contributed by atoms with E-state index in [-0.39, 0.29) is 24.0 Å². The van der Waals surface area contributed by atoms with Gasteiger partial charge in [0.05, 0.1) is 0 Å². The third-order valence-electron chi connectivity index (χ3n) is 4.05. The van der Waals surface area contributed by atoms with Crippen molar-refractivity contribution in [2.75, 3.05) is 19.0 Å². The number of fused-ring (bicyclic) bond motifs is 1.